The third-order valence-electron chi connectivity index (χ3n) is 2.31. The first-order chi connectivity index (χ1) is 7.13. The maximum atomic E-state index is 9.70. The fraction of sp³-hybridized carbons (Fsp3) is 0.455. The number of rotatable bonds is 4. The van der Waals surface area contributed by atoms with Crippen molar-refractivity contribution >= 4 is 15.9 Å². The van der Waals surface area contributed by atoms with Crippen molar-refractivity contribution in [2.75, 3.05) is 19.5 Å². The molecule has 1 aromatic carbocycles. The van der Waals surface area contributed by atoms with Crippen LogP contribution in [0.4, 0.5) is 0 Å². The topological polar surface area (TPSA) is 38.7 Å². The van der Waals surface area contributed by atoms with Crippen molar-refractivity contribution in [1.82, 2.24) is 0 Å². The second kappa shape index (κ2) is 5.37. The second-order valence-corrected chi connectivity index (χ2v) is 3.87. The molecule has 0 aliphatic rings. The molecule has 1 unspecified atom stereocenters. The quantitative estimate of drug-likeness (QED) is 0.858. The number of alkyl halides is 1. The van der Waals surface area contributed by atoms with Crippen molar-refractivity contribution in [3.05, 3.63) is 23.3 Å². The Morgan fingerprint density at radius 3 is 2.07 bits per heavy atom. The summed E-state index contributed by atoms with van der Waals surface area (Å²) in [6.45, 7) is 1.92. The minimum Gasteiger partial charge on any atom is -0.496 e. The fourth-order valence-corrected chi connectivity index (χ4v) is 1.76. The van der Waals surface area contributed by atoms with Crippen molar-refractivity contribution in [2.45, 2.75) is 13.0 Å². The molecule has 0 aromatic heterocycles. The molecule has 0 radical (unpaired) electrons. The number of halogens is 1. The van der Waals surface area contributed by atoms with Gasteiger partial charge in [0, 0.05) is 10.9 Å². The van der Waals surface area contributed by atoms with Crippen LogP contribution in [-0.2, 0) is 0 Å². The highest BCUT2D eigenvalue weighted by Crippen LogP contribution is 2.32. The van der Waals surface area contributed by atoms with Gasteiger partial charge in [-0.15, -0.1) is 0 Å². The molecule has 0 aliphatic carbocycles. The molecule has 0 saturated carbocycles. The van der Waals surface area contributed by atoms with E-state index in [9.17, 15) is 5.11 Å². The molecule has 15 heavy (non-hydrogen) atoms. The zero-order valence-corrected chi connectivity index (χ0v) is 10.7. The smallest absolute Gasteiger partial charge is 0.125 e. The Kier molecular flexibility index (Phi) is 4.42. The first-order valence-electron chi connectivity index (χ1n) is 4.60. The highest BCUT2D eigenvalue weighted by atomic mass is 79.9. The SMILES string of the molecule is COc1cc(C(O)CBr)cc(OC)c1C. The zero-order valence-electron chi connectivity index (χ0n) is 9.08. The lowest BCUT2D eigenvalue weighted by Crippen LogP contribution is -2.01. The summed E-state index contributed by atoms with van der Waals surface area (Å²) in [5.41, 5.74) is 1.72. The summed E-state index contributed by atoms with van der Waals surface area (Å²) in [5.74, 6) is 1.45. The first-order valence-corrected chi connectivity index (χ1v) is 5.72. The third kappa shape index (κ3) is 2.63. The van der Waals surface area contributed by atoms with E-state index in [4.69, 9.17) is 9.47 Å². The number of hydrogen-bond acceptors (Lipinski definition) is 3. The molecule has 4 heteroatoms. The Morgan fingerprint density at radius 2 is 1.73 bits per heavy atom. The molecule has 0 heterocycles. The Labute approximate surface area is 98.1 Å². The van der Waals surface area contributed by atoms with Crippen LogP contribution >= 0.6 is 15.9 Å². The number of aliphatic hydroxyl groups excluding tert-OH is 1. The Bertz CT molecular complexity index is 314. The minimum atomic E-state index is -0.548. The van der Waals surface area contributed by atoms with Crippen LogP contribution in [0.3, 0.4) is 0 Å². The van der Waals surface area contributed by atoms with Gasteiger partial charge in [-0.3, -0.25) is 0 Å². The summed E-state index contributed by atoms with van der Waals surface area (Å²) >= 11 is 3.23. The van der Waals surface area contributed by atoms with E-state index in [1.165, 1.54) is 0 Å². The second-order valence-electron chi connectivity index (χ2n) is 3.22. The summed E-state index contributed by atoms with van der Waals surface area (Å²) in [5, 5.41) is 10.2. The van der Waals surface area contributed by atoms with E-state index >= 15 is 0 Å². The van der Waals surface area contributed by atoms with Crippen LogP contribution in [0.15, 0.2) is 12.1 Å². The Balaban J connectivity index is 3.20. The van der Waals surface area contributed by atoms with E-state index in [1.807, 2.05) is 19.1 Å². The number of methoxy groups -OCH3 is 2. The molecule has 0 spiro atoms. The standard InChI is InChI=1S/C11H15BrO3/c1-7-10(14-2)4-8(9(13)6-12)5-11(7)15-3/h4-5,9,13H,6H2,1-3H3. The summed E-state index contributed by atoms with van der Waals surface area (Å²) in [4.78, 5) is 0. The minimum absolute atomic E-state index is 0.488. The summed E-state index contributed by atoms with van der Waals surface area (Å²) < 4.78 is 10.4. The summed E-state index contributed by atoms with van der Waals surface area (Å²) in [7, 11) is 3.21. The average Bonchev–Trinajstić information content (AvgIpc) is 2.28. The lowest BCUT2D eigenvalue weighted by molar-refractivity contribution is 0.204. The molecule has 84 valence electrons. The number of ether oxygens (including phenoxy) is 2. The van der Waals surface area contributed by atoms with E-state index in [0.29, 0.717) is 5.33 Å². The summed E-state index contributed by atoms with van der Waals surface area (Å²) in [6, 6.07) is 3.65. The van der Waals surface area contributed by atoms with Gasteiger partial charge in [0.05, 0.1) is 20.3 Å². The molecule has 0 fully saturated rings. The van der Waals surface area contributed by atoms with Gasteiger partial charge in [0.15, 0.2) is 0 Å². The Hall–Kier alpha value is -0.740. The molecule has 1 N–H and O–H groups in total. The van der Waals surface area contributed by atoms with Gasteiger partial charge in [-0.1, -0.05) is 15.9 Å². The van der Waals surface area contributed by atoms with E-state index in [-0.39, 0.29) is 0 Å². The van der Waals surface area contributed by atoms with E-state index in [1.54, 1.807) is 14.2 Å². The predicted molar refractivity (Wildman–Crippen MR) is 63.0 cm³/mol. The molecule has 1 aromatic rings. The van der Waals surface area contributed by atoms with Gasteiger partial charge in [0.1, 0.15) is 11.5 Å². The number of hydrogen-bond donors (Lipinski definition) is 1. The maximum Gasteiger partial charge on any atom is 0.125 e. The Morgan fingerprint density at radius 1 is 1.27 bits per heavy atom. The van der Waals surface area contributed by atoms with E-state index in [2.05, 4.69) is 15.9 Å². The molecule has 0 amide bonds. The third-order valence-corrected chi connectivity index (χ3v) is 2.92. The predicted octanol–water partition coefficient (Wildman–Crippen LogP) is 2.44. The first kappa shape index (κ1) is 12.3. The zero-order chi connectivity index (χ0) is 11.4. The average molecular weight is 275 g/mol. The van der Waals surface area contributed by atoms with Crippen LogP contribution in [0, 0.1) is 6.92 Å². The number of aliphatic hydroxyl groups is 1. The van der Waals surface area contributed by atoms with Gasteiger partial charge < -0.3 is 14.6 Å². The number of benzene rings is 1. The van der Waals surface area contributed by atoms with Gasteiger partial charge in [-0.05, 0) is 24.6 Å². The van der Waals surface area contributed by atoms with E-state index < -0.39 is 6.10 Å². The molecular weight excluding hydrogens is 260 g/mol. The highest BCUT2D eigenvalue weighted by Gasteiger charge is 2.12. The van der Waals surface area contributed by atoms with Crippen LogP contribution in [-0.4, -0.2) is 24.7 Å². The lowest BCUT2D eigenvalue weighted by Gasteiger charge is -2.14. The largest absolute Gasteiger partial charge is 0.496 e. The van der Waals surface area contributed by atoms with Crippen LogP contribution in [0.2, 0.25) is 0 Å². The van der Waals surface area contributed by atoms with Gasteiger partial charge in [-0.2, -0.15) is 0 Å². The lowest BCUT2D eigenvalue weighted by atomic mass is 10.1. The van der Waals surface area contributed by atoms with E-state index in [0.717, 1.165) is 22.6 Å². The van der Waals surface area contributed by atoms with Gasteiger partial charge in [0.25, 0.3) is 0 Å². The molecule has 1 atom stereocenters. The molecule has 1 rings (SSSR count). The van der Waals surface area contributed by atoms with Gasteiger partial charge in [0.2, 0.25) is 0 Å². The maximum absolute atomic E-state index is 9.70. The van der Waals surface area contributed by atoms with Crippen LogP contribution in [0.1, 0.15) is 17.2 Å². The fourth-order valence-electron chi connectivity index (χ4n) is 1.39. The van der Waals surface area contributed by atoms with Crippen molar-refractivity contribution in [3.63, 3.8) is 0 Å². The molecule has 0 saturated heterocycles. The van der Waals surface area contributed by atoms with Crippen molar-refractivity contribution in [2.24, 2.45) is 0 Å². The van der Waals surface area contributed by atoms with Crippen LogP contribution < -0.4 is 9.47 Å². The molecule has 3 nitrogen and oxygen atoms in total. The monoisotopic (exact) mass is 274 g/mol. The van der Waals surface area contributed by atoms with Crippen LogP contribution in [0.5, 0.6) is 11.5 Å². The molecular formula is C11H15BrO3. The van der Waals surface area contributed by atoms with Crippen LogP contribution in [0.25, 0.3) is 0 Å². The van der Waals surface area contributed by atoms with Crippen molar-refractivity contribution in [3.8, 4) is 11.5 Å². The van der Waals surface area contributed by atoms with Gasteiger partial charge in [-0.25, -0.2) is 0 Å². The normalized spacial score (nSPS) is 12.3. The molecule has 0 bridgehead atoms. The summed E-state index contributed by atoms with van der Waals surface area (Å²) in [6.07, 6.45) is -0.548. The van der Waals surface area contributed by atoms with Crippen molar-refractivity contribution in [1.29, 1.82) is 0 Å². The molecule has 0 aliphatic heterocycles. The highest BCUT2D eigenvalue weighted by molar-refractivity contribution is 9.09. The van der Waals surface area contributed by atoms with Gasteiger partial charge >= 0.3 is 0 Å². The van der Waals surface area contributed by atoms with Crippen molar-refractivity contribution < 1.29 is 14.6 Å².